The molecule has 5 nitrogen and oxygen atoms in total. The van der Waals surface area contributed by atoms with E-state index < -0.39 is 10.8 Å². The van der Waals surface area contributed by atoms with Crippen LogP contribution in [-0.4, -0.2) is 22.6 Å². The Labute approximate surface area is 190 Å². The summed E-state index contributed by atoms with van der Waals surface area (Å²) in [5, 5.41) is 2.87. The molecule has 1 aliphatic rings. The number of aryl methyl sites for hydroxylation is 2. The first-order valence-electron chi connectivity index (χ1n) is 10.7. The number of anilines is 1. The van der Waals surface area contributed by atoms with E-state index in [1.54, 1.807) is 47.4 Å². The van der Waals surface area contributed by atoms with Crippen molar-refractivity contribution in [3.05, 3.63) is 88.5 Å². The van der Waals surface area contributed by atoms with E-state index >= 15 is 0 Å². The summed E-state index contributed by atoms with van der Waals surface area (Å²) in [7, 11) is -1.54. The van der Waals surface area contributed by atoms with E-state index in [1.165, 1.54) is 0 Å². The molecule has 1 aliphatic heterocycles. The Morgan fingerprint density at radius 1 is 1.00 bits per heavy atom. The first-order chi connectivity index (χ1) is 15.4. The largest absolute Gasteiger partial charge is 0.352 e. The summed E-state index contributed by atoms with van der Waals surface area (Å²) in [6.45, 7) is 6.91. The van der Waals surface area contributed by atoms with Crippen LogP contribution < -0.4 is 10.2 Å². The third-order valence-electron chi connectivity index (χ3n) is 5.64. The monoisotopic (exact) mass is 446 g/mol. The lowest BCUT2D eigenvalue weighted by Crippen LogP contribution is -2.31. The van der Waals surface area contributed by atoms with Crippen molar-refractivity contribution in [3.8, 4) is 0 Å². The number of amides is 2. The standard InChI is InChI=1S/C26H26N2O3S/c1-4-13-27-25(29)19-11-12-24-22(15-19)28(16-20-14-17(2)9-10-18(20)3)26(30)21-7-5-6-8-23(21)32(24)31/h5-12,14-15H,4,13,16H2,1-3H3,(H,27,29)/t32-/m1/s1. The number of benzene rings is 3. The molecule has 0 saturated carbocycles. The number of hydrogen-bond acceptors (Lipinski definition) is 3. The molecule has 0 fully saturated rings. The molecule has 164 valence electrons. The molecule has 0 bridgehead atoms. The van der Waals surface area contributed by atoms with E-state index in [9.17, 15) is 13.8 Å². The lowest BCUT2D eigenvalue weighted by Gasteiger charge is -2.24. The number of nitrogens with one attached hydrogen (secondary N) is 1. The molecule has 0 spiro atoms. The van der Waals surface area contributed by atoms with Crippen LogP contribution in [0.15, 0.2) is 70.5 Å². The Balaban J connectivity index is 1.88. The van der Waals surface area contributed by atoms with Crippen molar-refractivity contribution in [2.45, 2.75) is 43.5 Å². The second-order valence-electron chi connectivity index (χ2n) is 8.02. The predicted octanol–water partition coefficient (Wildman–Crippen LogP) is 4.77. The average molecular weight is 447 g/mol. The summed E-state index contributed by atoms with van der Waals surface area (Å²) >= 11 is 0. The molecule has 32 heavy (non-hydrogen) atoms. The highest BCUT2D eigenvalue weighted by molar-refractivity contribution is 7.85. The topological polar surface area (TPSA) is 66.5 Å². The number of carbonyl (C=O) groups excluding carboxylic acids is 2. The van der Waals surface area contributed by atoms with Gasteiger partial charge in [0.1, 0.15) is 0 Å². The van der Waals surface area contributed by atoms with Crippen LogP contribution >= 0.6 is 0 Å². The highest BCUT2D eigenvalue weighted by Gasteiger charge is 2.31. The molecule has 4 rings (SSSR count). The van der Waals surface area contributed by atoms with Crippen molar-refractivity contribution in [3.63, 3.8) is 0 Å². The van der Waals surface area contributed by atoms with E-state index in [-0.39, 0.29) is 11.8 Å². The van der Waals surface area contributed by atoms with Gasteiger partial charge in [-0.15, -0.1) is 0 Å². The minimum absolute atomic E-state index is 0.207. The van der Waals surface area contributed by atoms with Gasteiger partial charge in [-0.3, -0.25) is 9.59 Å². The zero-order valence-corrected chi connectivity index (χ0v) is 19.3. The van der Waals surface area contributed by atoms with Crippen LogP contribution in [0.4, 0.5) is 5.69 Å². The summed E-state index contributed by atoms with van der Waals surface area (Å²) in [4.78, 5) is 29.0. The van der Waals surface area contributed by atoms with Crippen molar-refractivity contribution < 1.29 is 13.8 Å². The lowest BCUT2D eigenvalue weighted by molar-refractivity contribution is 0.0950. The highest BCUT2D eigenvalue weighted by atomic mass is 32.2. The molecule has 0 aromatic heterocycles. The highest BCUT2D eigenvalue weighted by Crippen LogP contribution is 2.36. The normalized spacial score (nSPS) is 15.0. The second kappa shape index (κ2) is 9.09. The number of nitrogens with zero attached hydrogens (tertiary/aromatic N) is 1. The molecule has 0 saturated heterocycles. The van der Waals surface area contributed by atoms with Crippen LogP contribution in [0, 0.1) is 13.8 Å². The number of rotatable bonds is 5. The van der Waals surface area contributed by atoms with Crippen LogP contribution in [0.25, 0.3) is 0 Å². The van der Waals surface area contributed by atoms with Crippen molar-refractivity contribution in [1.29, 1.82) is 0 Å². The molecule has 3 aromatic rings. The molecule has 3 aromatic carbocycles. The van der Waals surface area contributed by atoms with Gasteiger partial charge in [-0.1, -0.05) is 42.8 Å². The van der Waals surface area contributed by atoms with Gasteiger partial charge in [0.15, 0.2) is 0 Å². The minimum Gasteiger partial charge on any atom is -0.352 e. The SMILES string of the molecule is CCCNC(=O)c1ccc2c(c1)N(Cc1cc(C)ccc1C)C(=O)c1ccccc1[S@]2=O. The molecule has 1 heterocycles. The summed E-state index contributed by atoms with van der Waals surface area (Å²) in [6.07, 6.45) is 0.827. The molecule has 1 N–H and O–H groups in total. The number of fused-ring (bicyclic) bond motifs is 2. The van der Waals surface area contributed by atoms with E-state index in [0.717, 1.165) is 23.1 Å². The molecule has 0 unspecified atom stereocenters. The van der Waals surface area contributed by atoms with Gasteiger partial charge in [0.2, 0.25) is 0 Å². The fraction of sp³-hybridized carbons (Fsp3) is 0.231. The molecular formula is C26H26N2O3S. The Morgan fingerprint density at radius 3 is 2.56 bits per heavy atom. The molecule has 6 heteroatoms. The van der Waals surface area contributed by atoms with Crippen LogP contribution in [0.1, 0.15) is 50.8 Å². The van der Waals surface area contributed by atoms with Gasteiger partial charge in [-0.05, 0) is 61.7 Å². The Kier molecular flexibility index (Phi) is 6.24. The Morgan fingerprint density at radius 2 is 1.78 bits per heavy atom. The zero-order chi connectivity index (χ0) is 22.8. The van der Waals surface area contributed by atoms with Gasteiger partial charge in [-0.2, -0.15) is 0 Å². The maximum absolute atomic E-state index is 13.7. The van der Waals surface area contributed by atoms with Gasteiger partial charge >= 0.3 is 0 Å². The van der Waals surface area contributed by atoms with Crippen molar-refractivity contribution in [1.82, 2.24) is 5.32 Å². The molecule has 2 amide bonds. The van der Waals surface area contributed by atoms with Gasteiger partial charge in [0.05, 0.1) is 38.4 Å². The molecule has 0 radical (unpaired) electrons. The van der Waals surface area contributed by atoms with E-state index in [2.05, 4.69) is 11.4 Å². The third kappa shape index (κ3) is 4.10. The van der Waals surface area contributed by atoms with Crippen LogP contribution in [0.5, 0.6) is 0 Å². The van der Waals surface area contributed by atoms with Gasteiger partial charge in [0, 0.05) is 12.1 Å². The quantitative estimate of drug-likeness (QED) is 0.614. The van der Waals surface area contributed by atoms with Crippen LogP contribution in [-0.2, 0) is 17.3 Å². The Bertz CT molecular complexity index is 1240. The lowest BCUT2D eigenvalue weighted by atomic mass is 10.0. The first kappa shape index (κ1) is 22.0. The molecule has 0 aliphatic carbocycles. The minimum atomic E-state index is -1.54. The van der Waals surface area contributed by atoms with E-state index in [4.69, 9.17) is 0 Å². The third-order valence-corrected chi connectivity index (χ3v) is 7.14. The van der Waals surface area contributed by atoms with Gasteiger partial charge in [-0.25, -0.2) is 4.21 Å². The van der Waals surface area contributed by atoms with Crippen LogP contribution in [0.2, 0.25) is 0 Å². The van der Waals surface area contributed by atoms with Gasteiger partial charge in [0.25, 0.3) is 11.8 Å². The average Bonchev–Trinajstić information content (AvgIpc) is 2.89. The summed E-state index contributed by atoms with van der Waals surface area (Å²) in [5.74, 6) is -0.430. The van der Waals surface area contributed by atoms with E-state index in [0.29, 0.717) is 39.7 Å². The van der Waals surface area contributed by atoms with E-state index in [1.807, 2.05) is 32.9 Å². The molecule has 1 atom stereocenters. The summed E-state index contributed by atoms with van der Waals surface area (Å²) in [5.41, 5.74) is 4.55. The summed E-state index contributed by atoms with van der Waals surface area (Å²) in [6, 6.07) is 18.2. The predicted molar refractivity (Wildman–Crippen MR) is 127 cm³/mol. The Hall–Kier alpha value is -3.25. The van der Waals surface area contributed by atoms with Crippen LogP contribution in [0.3, 0.4) is 0 Å². The first-order valence-corrected chi connectivity index (χ1v) is 11.9. The summed E-state index contributed by atoms with van der Waals surface area (Å²) < 4.78 is 13.5. The second-order valence-corrected chi connectivity index (χ2v) is 9.44. The van der Waals surface area contributed by atoms with Crippen molar-refractivity contribution in [2.75, 3.05) is 11.4 Å². The number of carbonyl (C=O) groups is 2. The number of hydrogen-bond donors (Lipinski definition) is 1. The fourth-order valence-electron chi connectivity index (χ4n) is 3.84. The van der Waals surface area contributed by atoms with Gasteiger partial charge < -0.3 is 10.2 Å². The molecular weight excluding hydrogens is 420 g/mol. The maximum atomic E-state index is 13.7. The fourth-order valence-corrected chi connectivity index (χ4v) is 5.19. The van der Waals surface area contributed by atoms with Crippen molar-refractivity contribution in [2.24, 2.45) is 0 Å². The smallest absolute Gasteiger partial charge is 0.259 e. The van der Waals surface area contributed by atoms with Crippen molar-refractivity contribution >= 4 is 28.3 Å². The maximum Gasteiger partial charge on any atom is 0.259 e. The zero-order valence-electron chi connectivity index (χ0n) is 18.5.